The van der Waals surface area contributed by atoms with Crippen LogP contribution in [0.1, 0.15) is 19.7 Å². The zero-order chi connectivity index (χ0) is 14.2. The number of benzene rings is 1. The highest BCUT2D eigenvalue weighted by Crippen LogP contribution is 2.22. The number of fused-ring (bicyclic) bond motifs is 1. The van der Waals surface area contributed by atoms with Gasteiger partial charge in [-0.25, -0.2) is 4.98 Å². The number of oxazole rings is 1. The van der Waals surface area contributed by atoms with Crippen LogP contribution in [-0.4, -0.2) is 22.0 Å². The first kappa shape index (κ1) is 13.1. The van der Waals surface area contributed by atoms with Gasteiger partial charge in [-0.15, -0.1) is 0 Å². The average Bonchev–Trinajstić information content (AvgIpc) is 2.68. The second kappa shape index (κ2) is 4.38. The topological polar surface area (TPSA) is 92.4 Å². The molecule has 19 heavy (non-hydrogen) atoms. The van der Waals surface area contributed by atoms with Crippen LogP contribution in [0.5, 0.6) is 0 Å². The molecule has 0 radical (unpaired) electrons. The number of aromatic nitrogens is 1. The molecule has 2 N–H and O–H groups in total. The summed E-state index contributed by atoms with van der Waals surface area (Å²) in [6, 6.07) is 4.96. The monoisotopic (exact) mass is 262 g/mol. The number of carboxylic acids is 1. The smallest absolute Gasteiger partial charge is 0.318 e. The summed E-state index contributed by atoms with van der Waals surface area (Å²) < 4.78 is 5.32. The number of rotatable bonds is 3. The molecule has 6 nitrogen and oxygen atoms in total. The molecule has 2 rings (SSSR count). The van der Waals surface area contributed by atoms with Crippen LogP contribution in [-0.2, 0) is 9.59 Å². The first-order valence-electron chi connectivity index (χ1n) is 5.73. The fourth-order valence-electron chi connectivity index (χ4n) is 1.50. The van der Waals surface area contributed by atoms with Crippen molar-refractivity contribution in [2.75, 3.05) is 5.32 Å². The van der Waals surface area contributed by atoms with Gasteiger partial charge in [-0.1, -0.05) is 0 Å². The molecule has 0 aliphatic carbocycles. The molecule has 6 heteroatoms. The number of anilines is 1. The molecule has 1 amide bonds. The highest BCUT2D eigenvalue weighted by molar-refractivity contribution is 6.07. The number of hydrogen-bond donors (Lipinski definition) is 2. The van der Waals surface area contributed by atoms with Crippen LogP contribution >= 0.6 is 0 Å². The summed E-state index contributed by atoms with van der Waals surface area (Å²) in [6.45, 7) is 4.43. The lowest BCUT2D eigenvalue weighted by molar-refractivity contribution is -0.151. The number of aliphatic carboxylic acids is 1. The molecule has 100 valence electrons. The second-order valence-electron chi connectivity index (χ2n) is 4.80. The zero-order valence-electron chi connectivity index (χ0n) is 10.9. The molecule has 0 aliphatic heterocycles. The Bertz CT molecular complexity index is 658. The number of carbonyl (C=O) groups is 2. The molecule has 1 aromatic heterocycles. The van der Waals surface area contributed by atoms with Gasteiger partial charge in [-0.3, -0.25) is 9.59 Å². The number of nitrogens with zero attached hydrogens (tertiary/aromatic N) is 1. The Balaban J connectivity index is 2.26. The first-order valence-corrected chi connectivity index (χ1v) is 5.73. The SMILES string of the molecule is Cc1nc2cc(NC(=O)C(C)(C)C(=O)O)ccc2o1. The Morgan fingerprint density at radius 3 is 2.68 bits per heavy atom. The largest absolute Gasteiger partial charge is 0.480 e. The molecular weight excluding hydrogens is 248 g/mol. The third-order valence-electron chi connectivity index (χ3n) is 2.85. The van der Waals surface area contributed by atoms with Crippen LogP contribution in [0, 0.1) is 12.3 Å². The minimum atomic E-state index is -1.49. The van der Waals surface area contributed by atoms with Gasteiger partial charge in [0.15, 0.2) is 11.5 Å². The van der Waals surface area contributed by atoms with Crippen molar-refractivity contribution >= 4 is 28.7 Å². The normalized spacial score (nSPS) is 11.5. The van der Waals surface area contributed by atoms with Crippen molar-refractivity contribution in [2.24, 2.45) is 5.41 Å². The zero-order valence-corrected chi connectivity index (χ0v) is 10.9. The van der Waals surface area contributed by atoms with Crippen LogP contribution in [0.15, 0.2) is 22.6 Å². The molecule has 0 bridgehead atoms. The fraction of sp³-hybridized carbons (Fsp3) is 0.308. The van der Waals surface area contributed by atoms with E-state index in [9.17, 15) is 9.59 Å². The average molecular weight is 262 g/mol. The van der Waals surface area contributed by atoms with Gasteiger partial charge in [0.05, 0.1) is 0 Å². The first-order chi connectivity index (χ1) is 8.80. The van der Waals surface area contributed by atoms with Gasteiger partial charge < -0.3 is 14.8 Å². The van der Waals surface area contributed by atoms with Gasteiger partial charge in [0, 0.05) is 12.6 Å². The van der Waals surface area contributed by atoms with E-state index >= 15 is 0 Å². The van der Waals surface area contributed by atoms with Crippen molar-refractivity contribution < 1.29 is 19.1 Å². The molecule has 2 aromatic rings. The molecule has 0 unspecified atom stereocenters. The van der Waals surface area contributed by atoms with Gasteiger partial charge in [0.1, 0.15) is 10.9 Å². The third-order valence-corrected chi connectivity index (χ3v) is 2.85. The Morgan fingerprint density at radius 1 is 1.37 bits per heavy atom. The summed E-state index contributed by atoms with van der Waals surface area (Å²) in [5.74, 6) is -1.23. The van der Waals surface area contributed by atoms with Crippen LogP contribution < -0.4 is 5.32 Å². The summed E-state index contributed by atoms with van der Waals surface area (Å²) in [5.41, 5.74) is 0.228. The standard InChI is InChI=1S/C13H14N2O4/c1-7-14-9-6-8(4-5-10(9)19-7)15-11(16)13(2,3)12(17)18/h4-6H,1-3H3,(H,15,16)(H,17,18). The summed E-state index contributed by atoms with van der Waals surface area (Å²) in [5, 5.41) is 11.5. The maximum Gasteiger partial charge on any atom is 0.318 e. The van der Waals surface area contributed by atoms with Crippen molar-refractivity contribution in [1.82, 2.24) is 4.98 Å². The number of carbonyl (C=O) groups excluding carboxylic acids is 1. The van der Waals surface area contributed by atoms with E-state index in [4.69, 9.17) is 9.52 Å². The molecule has 0 spiro atoms. The second-order valence-corrected chi connectivity index (χ2v) is 4.80. The summed E-state index contributed by atoms with van der Waals surface area (Å²) >= 11 is 0. The minimum Gasteiger partial charge on any atom is -0.480 e. The number of nitrogens with one attached hydrogen (secondary N) is 1. The lowest BCUT2D eigenvalue weighted by Crippen LogP contribution is -2.37. The highest BCUT2D eigenvalue weighted by atomic mass is 16.4. The quantitative estimate of drug-likeness (QED) is 0.827. The number of hydrogen-bond acceptors (Lipinski definition) is 4. The maximum absolute atomic E-state index is 11.9. The molecule has 1 heterocycles. The van der Waals surface area contributed by atoms with Crippen molar-refractivity contribution in [3.8, 4) is 0 Å². The van der Waals surface area contributed by atoms with Crippen molar-refractivity contribution in [1.29, 1.82) is 0 Å². The maximum atomic E-state index is 11.9. The van der Waals surface area contributed by atoms with E-state index in [0.29, 0.717) is 22.7 Å². The van der Waals surface area contributed by atoms with Gasteiger partial charge in [0.2, 0.25) is 5.91 Å². The van der Waals surface area contributed by atoms with Gasteiger partial charge in [-0.05, 0) is 32.0 Å². The number of amides is 1. The van der Waals surface area contributed by atoms with Gasteiger partial charge in [-0.2, -0.15) is 0 Å². The van der Waals surface area contributed by atoms with Crippen LogP contribution in [0.25, 0.3) is 11.1 Å². The highest BCUT2D eigenvalue weighted by Gasteiger charge is 2.36. The summed E-state index contributed by atoms with van der Waals surface area (Å²) in [7, 11) is 0. The molecular formula is C13H14N2O4. The van der Waals surface area contributed by atoms with E-state index < -0.39 is 17.3 Å². The van der Waals surface area contributed by atoms with E-state index in [2.05, 4.69) is 10.3 Å². The van der Waals surface area contributed by atoms with E-state index in [1.807, 2.05) is 0 Å². The van der Waals surface area contributed by atoms with Crippen molar-refractivity contribution in [2.45, 2.75) is 20.8 Å². The van der Waals surface area contributed by atoms with Crippen LogP contribution in [0.3, 0.4) is 0 Å². The third kappa shape index (κ3) is 2.42. The lowest BCUT2D eigenvalue weighted by Gasteiger charge is -2.18. The predicted molar refractivity (Wildman–Crippen MR) is 68.8 cm³/mol. The molecule has 0 fully saturated rings. The van der Waals surface area contributed by atoms with Crippen molar-refractivity contribution in [3.63, 3.8) is 0 Å². The Kier molecular flexibility index (Phi) is 3.01. The van der Waals surface area contributed by atoms with E-state index in [1.165, 1.54) is 13.8 Å². The van der Waals surface area contributed by atoms with Gasteiger partial charge >= 0.3 is 5.97 Å². The predicted octanol–water partition coefficient (Wildman–Crippen LogP) is 2.19. The Labute approximate surface area is 109 Å². The number of aryl methyl sites for hydroxylation is 1. The Hall–Kier alpha value is -2.37. The summed E-state index contributed by atoms with van der Waals surface area (Å²) in [4.78, 5) is 27.0. The number of carboxylic acid groups (broad SMARTS) is 1. The van der Waals surface area contributed by atoms with E-state index in [0.717, 1.165) is 0 Å². The Morgan fingerprint density at radius 2 is 2.05 bits per heavy atom. The molecule has 0 saturated heterocycles. The fourth-order valence-corrected chi connectivity index (χ4v) is 1.50. The van der Waals surface area contributed by atoms with E-state index in [1.54, 1.807) is 25.1 Å². The molecule has 0 aliphatic rings. The van der Waals surface area contributed by atoms with Crippen LogP contribution in [0.2, 0.25) is 0 Å². The van der Waals surface area contributed by atoms with Crippen LogP contribution in [0.4, 0.5) is 5.69 Å². The lowest BCUT2D eigenvalue weighted by atomic mass is 9.92. The minimum absolute atomic E-state index is 0.486. The molecule has 0 atom stereocenters. The summed E-state index contributed by atoms with van der Waals surface area (Å²) in [6.07, 6.45) is 0. The molecule has 1 aromatic carbocycles. The molecule has 0 saturated carbocycles. The van der Waals surface area contributed by atoms with Gasteiger partial charge in [0.25, 0.3) is 0 Å². The van der Waals surface area contributed by atoms with Crippen molar-refractivity contribution in [3.05, 3.63) is 24.1 Å². The van der Waals surface area contributed by atoms with E-state index in [-0.39, 0.29) is 0 Å².